The lowest BCUT2D eigenvalue weighted by Crippen LogP contribution is -2.07. The Morgan fingerprint density at radius 3 is 2.74 bits per heavy atom. The zero-order valence-corrected chi connectivity index (χ0v) is 16.8. The standard InChI is InChI=1S/C20H15ClN2O2S2/c1-2-25-19(24)12-27-20-16(11-22)15(18-4-3-9-26-18)10-17(23-20)13-5-7-14(21)8-6-13/h3-10H,2,12H2,1H3. The molecule has 0 aliphatic heterocycles. The van der Waals surface area contributed by atoms with Gasteiger partial charge in [0.2, 0.25) is 0 Å². The Labute approximate surface area is 170 Å². The number of pyridine rings is 1. The van der Waals surface area contributed by atoms with Crippen LogP contribution in [0.15, 0.2) is 52.9 Å². The molecule has 0 bridgehead atoms. The molecule has 0 aliphatic carbocycles. The van der Waals surface area contributed by atoms with Crippen molar-refractivity contribution in [1.29, 1.82) is 5.26 Å². The van der Waals surface area contributed by atoms with Crippen LogP contribution < -0.4 is 0 Å². The fourth-order valence-electron chi connectivity index (χ4n) is 2.46. The van der Waals surface area contributed by atoms with Gasteiger partial charge < -0.3 is 4.74 Å². The molecule has 0 spiro atoms. The molecule has 136 valence electrons. The maximum atomic E-state index is 11.8. The molecule has 0 atom stereocenters. The van der Waals surface area contributed by atoms with E-state index in [-0.39, 0.29) is 11.7 Å². The monoisotopic (exact) mass is 414 g/mol. The van der Waals surface area contributed by atoms with Crippen LogP contribution in [0.1, 0.15) is 12.5 Å². The summed E-state index contributed by atoms with van der Waals surface area (Å²) in [4.78, 5) is 17.4. The molecule has 7 heteroatoms. The molecule has 2 heterocycles. The highest BCUT2D eigenvalue weighted by Crippen LogP contribution is 2.36. The van der Waals surface area contributed by atoms with Crippen molar-refractivity contribution in [2.24, 2.45) is 0 Å². The fraction of sp³-hybridized carbons (Fsp3) is 0.150. The van der Waals surface area contributed by atoms with Crippen molar-refractivity contribution in [3.8, 4) is 27.8 Å². The molecule has 0 aliphatic rings. The number of carbonyl (C=O) groups excluding carboxylic acids is 1. The minimum atomic E-state index is -0.331. The van der Waals surface area contributed by atoms with E-state index in [1.165, 1.54) is 11.8 Å². The van der Waals surface area contributed by atoms with Crippen LogP contribution in [0.25, 0.3) is 21.7 Å². The number of benzene rings is 1. The second-order valence-corrected chi connectivity index (χ2v) is 7.77. The van der Waals surface area contributed by atoms with Gasteiger partial charge >= 0.3 is 5.97 Å². The van der Waals surface area contributed by atoms with Gasteiger partial charge in [-0.15, -0.1) is 11.3 Å². The summed E-state index contributed by atoms with van der Waals surface area (Å²) in [5, 5.41) is 12.9. The van der Waals surface area contributed by atoms with Crippen molar-refractivity contribution in [2.45, 2.75) is 11.9 Å². The molecule has 1 aromatic carbocycles. The van der Waals surface area contributed by atoms with Crippen LogP contribution in [0.2, 0.25) is 5.02 Å². The molecule has 2 aromatic heterocycles. The van der Waals surface area contributed by atoms with Gasteiger partial charge in [0.25, 0.3) is 0 Å². The van der Waals surface area contributed by atoms with Crippen LogP contribution in [0, 0.1) is 11.3 Å². The van der Waals surface area contributed by atoms with Crippen LogP contribution in [-0.4, -0.2) is 23.3 Å². The SMILES string of the molecule is CCOC(=O)CSc1nc(-c2ccc(Cl)cc2)cc(-c2cccs2)c1C#N. The zero-order valence-electron chi connectivity index (χ0n) is 14.4. The van der Waals surface area contributed by atoms with E-state index in [0.29, 0.717) is 22.2 Å². The molecule has 0 fully saturated rings. The van der Waals surface area contributed by atoms with Crippen molar-refractivity contribution < 1.29 is 9.53 Å². The number of nitriles is 1. The van der Waals surface area contributed by atoms with E-state index in [9.17, 15) is 10.1 Å². The molecule has 3 rings (SSSR count). The first-order valence-corrected chi connectivity index (χ1v) is 10.4. The van der Waals surface area contributed by atoms with Crippen molar-refractivity contribution in [2.75, 3.05) is 12.4 Å². The third-order valence-corrected chi connectivity index (χ3v) is 5.76. The second-order valence-electron chi connectivity index (χ2n) is 5.42. The van der Waals surface area contributed by atoms with Gasteiger partial charge in [-0.25, -0.2) is 4.98 Å². The fourth-order valence-corrected chi connectivity index (χ4v) is 4.13. The van der Waals surface area contributed by atoms with E-state index >= 15 is 0 Å². The Balaban J connectivity index is 2.08. The first-order valence-electron chi connectivity index (χ1n) is 8.15. The molecular formula is C20H15ClN2O2S2. The van der Waals surface area contributed by atoms with Gasteiger partial charge in [-0.1, -0.05) is 41.6 Å². The van der Waals surface area contributed by atoms with Crippen LogP contribution in [-0.2, 0) is 9.53 Å². The van der Waals surface area contributed by atoms with Crippen molar-refractivity contribution in [3.05, 3.63) is 58.4 Å². The van der Waals surface area contributed by atoms with E-state index in [1.807, 2.05) is 35.7 Å². The number of rotatable bonds is 6. The van der Waals surface area contributed by atoms with E-state index in [2.05, 4.69) is 11.1 Å². The number of halogens is 1. The Kier molecular flexibility index (Phi) is 6.51. The Morgan fingerprint density at radius 2 is 2.11 bits per heavy atom. The molecule has 3 aromatic rings. The van der Waals surface area contributed by atoms with Gasteiger partial charge in [-0.3, -0.25) is 4.79 Å². The summed E-state index contributed by atoms with van der Waals surface area (Å²) < 4.78 is 4.98. The molecule has 27 heavy (non-hydrogen) atoms. The van der Waals surface area contributed by atoms with Crippen LogP contribution in [0.5, 0.6) is 0 Å². The predicted octanol–water partition coefficient (Wildman–Crippen LogP) is 5.66. The van der Waals surface area contributed by atoms with Crippen LogP contribution >= 0.6 is 34.7 Å². The lowest BCUT2D eigenvalue weighted by atomic mass is 10.0. The second kappa shape index (κ2) is 9.05. The number of nitrogens with zero attached hydrogens (tertiary/aromatic N) is 2. The highest BCUT2D eigenvalue weighted by molar-refractivity contribution is 7.99. The topological polar surface area (TPSA) is 63.0 Å². The largest absolute Gasteiger partial charge is 0.465 e. The average Bonchev–Trinajstić information content (AvgIpc) is 3.21. The maximum absolute atomic E-state index is 11.8. The number of hydrogen-bond donors (Lipinski definition) is 0. The number of aromatic nitrogens is 1. The molecule has 4 nitrogen and oxygen atoms in total. The lowest BCUT2D eigenvalue weighted by molar-refractivity contribution is -0.139. The molecule has 0 unspecified atom stereocenters. The van der Waals surface area contributed by atoms with Gasteiger partial charge in [0.05, 0.1) is 23.6 Å². The number of hydrogen-bond acceptors (Lipinski definition) is 6. The highest BCUT2D eigenvalue weighted by atomic mass is 35.5. The Hall–Kier alpha value is -2.33. The van der Waals surface area contributed by atoms with Gasteiger partial charge in [-0.05, 0) is 36.6 Å². The first kappa shape index (κ1) is 19.4. The van der Waals surface area contributed by atoms with E-state index in [0.717, 1.165) is 21.7 Å². The minimum absolute atomic E-state index is 0.101. The third-order valence-electron chi connectivity index (χ3n) is 3.66. The summed E-state index contributed by atoms with van der Waals surface area (Å²) in [5.41, 5.74) is 2.88. The summed E-state index contributed by atoms with van der Waals surface area (Å²) in [5.74, 6) is -0.230. The van der Waals surface area contributed by atoms with Crippen LogP contribution in [0.4, 0.5) is 0 Å². The number of carbonyl (C=O) groups is 1. The average molecular weight is 415 g/mol. The summed E-state index contributed by atoms with van der Waals surface area (Å²) >= 11 is 8.75. The third kappa shape index (κ3) is 4.69. The van der Waals surface area contributed by atoms with Crippen molar-refractivity contribution in [1.82, 2.24) is 4.98 Å². The minimum Gasteiger partial charge on any atom is -0.465 e. The zero-order chi connectivity index (χ0) is 19.2. The van der Waals surface area contributed by atoms with E-state index in [1.54, 1.807) is 30.4 Å². The Bertz CT molecular complexity index is 980. The molecule has 0 saturated carbocycles. The molecule has 0 radical (unpaired) electrons. The van der Waals surface area contributed by atoms with Crippen molar-refractivity contribution >= 4 is 40.7 Å². The number of thioether (sulfide) groups is 1. The quantitative estimate of drug-likeness (QED) is 0.384. The summed E-state index contributed by atoms with van der Waals surface area (Å²) in [7, 11) is 0. The summed E-state index contributed by atoms with van der Waals surface area (Å²) in [6, 6.07) is 15.4. The molecule has 0 N–H and O–H groups in total. The van der Waals surface area contributed by atoms with Gasteiger partial charge in [-0.2, -0.15) is 5.26 Å². The summed E-state index contributed by atoms with van der Waals surface area (Å²) in [6.07, 6.45) is 0. The maximum Gasteiger partial charge on any atom is 0.316 e. The normalized spacial score (nSPS) is 10.4. The Morgan fingerprint density at radius 1 is 1.33 bits per heavy atom. The number of esters is 1. The molecule has 0 amide bonds. The van der Waals surface area contributed by atoms with Gasteiger partial charge in [0, 0.05) is 21.0 Å². The molecular weight excluding hydrogens is 400 g/mol. The van der Waals surface area contributed by atoms with Crippen LogP contribution in [0.3, 0.4) is 0 Å². The predicted molar refractivity (Wildman–Crippen MR) is 110 cm³/mol. The summed E-state index contributed by atoms with van der Waals surface area (Å²) in [6.45, 7) is 2.08. The number of thiophene rings is 1. The molecule has 0 saturated heterocycles. The van der Waals surface area contributed by atoms with E-state index < -0.39 is 0 Å². The smallest absolute Gasteiger partial charge is 0.316 e. The number of ether oxygens (including phenoxy) is 1. The highest BCUT2D eigenvalue weighted by Gasteiger charge is 2.17. The van der Waals surface area contributed by atoms with Gasteiger partial charge in [0.1, 0.15) is 11.1 Å². The van der Waals surface area contributed by atoms with Crippen molar-refractivity contribution in [3.63, 3.8) is 0 Å². The lowest BCUT2D eigenvalue weighted by Gasteiger charge is -2.11. The van der Waals surface area contributed by atoms with E-state index in [4.69, 9.17) is 16.3 Å². The first-order chi connectivity index (χ1) is 13.1. The van der Waals surface area contributed by atoms with Gasteiger partial charge in [0.15, 0.2) is 0 Å².